The lowest BCUT2D eigenvalue weighted by Gasteiger charge is -2.08. The van der Waals surface area contributed by atoms with Crippen molar-refractivity contribution < 1.29 is 0 Å². The molecule has 5 aromatic carbocycles. The zero-order valence-corrected chi connectivity index (χ0v) is 22.1. The summed E-state index contributed by atoms with van der Waals surface area (Å²) in [5, 5.41) is 9.31. The third-order valence-electron chi connectivity index (χ3n) is 8.71. The number of benzene rings is 5. The molecular weight excluding hydrogens is 516 g/mol. The van der Waals surface area contributed by atoms with E-state index in [-0.39, 0.29) is 5.82 Å². The zero-order chi connectivity index (χ0) is 27.5. The van der Waals surface area contributed by atoms with Crippen LogP contribution in [0.2, 0.25) is 0 Å². The number of fused-ring (bicyclic) bond motifs is 13. The Morgan fingerprint density at radius 2 is 1.33 bits per heavy atom. The molecule has 10 aromatic rings. The van der Waals surface area contributed by atoms with Gasteiger partial charge in [0, 0.05) is 43.9 Å². The third kappa shape index (κ3) is 2.52. The summed E-state index contributed by atoms with van der Waals surface area (Å²) in [6, 6.07) is 36.2. The Balaban J connectivity index is 1.56. The fourth-order valence-electron chi connectivity index (χ4n) is 7.08. The summed E-state index contributed by atoms with van der Waals surface area (Å²) in [4.78, 5) is 18.1. The molecule has 0 spiro atoms. The smallest absolute Gasteiger partial charge is 0.332 e. The molecule has 192 valence electrons. The minimum Gasteiger partial charge on any atom is -0.359 e. The number of hydrogen-bond acceptors (Lipinski definition) is 3. The molecule has 5 aromatic heterocycles. The molecule has 0 saturated carbocycles. The molecule has 6 heteroatoms. The van der Waals surface area contributed by atoms with Crippen LogP contribution in [0.15, 0.2) is 109 Å². The van der Waals surface area contributed by atoms with Crippen LogP contribution in [-0.4, -0.2) is 23.9 Å². The molecule has 0 aliphatic heterocycles. The van der Waals surface area contributed by atoms with Crippen molar-refractivity contribution >= 4 is 87.5 Å². The SMILES string of the molecule is [C-]#[N+]c1nc(-n2c3c4ccccc4ccc3c3cc4c5ccccc5n5c6ccccc6c(c32)c45)nc2cccnc12. The van der Waals surface area contributed by atoms with Gasteiger partial charge in [-0.15, -0.1) is 0 Å². The van der Waals surface area contributed by atoms with Gasteiger partial charge in [-0.3, -0.25) is 9.55 Å². The van der Waals surface area contributed by atoms with E-state index in [0.717, 1.165) is 38.0 Å². The molecule has 0 aliphatic carbocycles. The predicted octanol–water partition coefficient (Wildman–Crippen LogP) is 8.98. The van der Waals surface area contributed by atoms with E-state index in [1.807, 2.05) is 12.1 Å². The van der Waals surface area contributed by atoms with Crippen molar-refractivity contribution in [1.82, 2.24) is 23.9 Å². The summed E-state index contributed by atoms with van der Waals surface area (Å²) in [6.07, 6.45) is 1.68. The van der Waals surface area contributed by atoms with Crippen LogP contribution in [0.5, 0.6) is 0 Å². The summed E-state index contributed by atoms with van der Waals surface area (Å²) >= 11 is 0. The molecule has 0 saturated heterocycles. The van der Waals surface area contributed by atoms with Crippen molar-refractivity contribution in [3.63, 3.8) is 0 Å². The van der Waals surface area contributed by atoms with E-state index in [2.05, 4.69) is 110 Å². The molecule has 0 atom stereocenters. The van der Waals surface area contributed by atoms with Gasteiger partial charge in [-0.2, -0.15) is 4.98 Å². The van der Waals surface area contributed by atoms with Crippen molar-refractivity contribution in [2.45, 2.75) is 0 Å². The second-order valence-electron chi connectivity index (χ2n) is 10.8. The standard InChI is InChI=1S/C36H18N6/c1-37-35-31-27(13-8-18-38-31)39-36(40-35)42-32-21-10-3-2-9-20(21)16-17-23(32)26-19-25-22-11-4-6-14-28(22)41-29-15-7-5-12-24(29)30(33(25)41)34(26)42/h2-19H. The van der Waals surface area contributed by atoms with Gasteiger partial charge in [-0.25, -0.2) is 0 Å². The van der Waals surface area contributed by atoms with Crippen LogP contribution in [0.1, 0.15) is 0 Å². The summed E-state index contributed by atoms with van der Waals surface area (Å²) < 4.78 is 4.58. The maximum Gasteiger partial charge on any atom is 0.332 e. The molecule has 42 heavy (non-hydrogen) atoms. The first-order valence-corrected chi connectivity index (χ1v) is 13.8. The molecule has 6 nitrogen and oxygen atoms in total. The highest BCUT2D eigenvalue weighted by atomic mass is 15.2. The first kappa shape index (κ1) is 21.7. The molecular formula is C36H18N6. The van der Waals surface area contributed by atoms with Gasteiger partial charge in [0.1, 0.15) is 5.52 Å². The van der Waals surface area contributed by atoms with Crippen LogP contribution in [0, 0.1) is 6.57 Å². The Bertz CT molecular complexity index is 2810. The summed E-state index contributed by atoms with van der Waals surface area (Å²) in [6.45, 7) is 7.94. The monoisotopic (exact) mass is 534 g/mol. The minimum absolute atomic E-state index is 0.248. The van der Waals surface area contributed by atoms with Gasteiger partial charge in [0.15, 0.2) is 0 Å². The van der Waals surface area contributed by atoms with E-state index in [1.165, 1.54) is 32.7 Å². The van der Waals surface area contributed by atoms with Gasteiger partial charge in [0.2, 0.25) is 0 Å². The van der Waals surface area contributed by atoms with Crippen LogP contribution in [-0.2, 0) is 0 Å². The molecule has 0 aliphatic rings. The highest BCUT2D eigenvalue weighted by molar-refractivity contribution is 6.35. The molecule has 5 heterocycles. The zero-order valence-electron chi connectivity index (χ0n) is 22.1. The second-order valence-corrected chi connectivity index (χ2v) is 10.8. The fraction of sp³-hybridized carbons (Fsp3) is 0. The molecule has 0 fully saturated rings. The first-order valence-electron chi connectivity index (χ1n) is 13.8. The van der Waals surface area contributed by atoms with E-state index in [9.17, 15) is 0 Å². The Morgan fingerprint density at radius 1 is 0.595 bits per heavy atom. The highest BCUT2D eigenvalue weighted by Crippen LogP contribution is 2.47. The number of para-hydroxylation sites is 2. The molecule has 0 radical (unpaired) electrons. The number of aromatic nitrogens is 5. The van der Waals surface area contributed by atoms with Crippen molar-refractivity contribution in [1.29, 1.82) is 0 Å². The maximum absolute atomic E-state index is 7.94. The number of pyridine rings is 1. The van der Waals surface area contributed by atoms with Crippen LogP contribution >= 0.6 is 0 Å². The summed E-state index contributed by atoms with van der Waals surface area (Å²) in [5.74, 6) is 0.721. The van der Waals surface area contributed by atoms with Crippen molar-refractivity contribution in [2.24, 2.45) is 0 Å². The average Bonchev–Trinajstić information content (AvgIpc) is 3.69. The van der Waals surface area contributed by atoms with Gasteiger partial charge in [-0.1, -0.05) is 84.4 Å². The fourth-order valence-corrected chi connectivity index (χ4v) is 7.08. The lowest BCUT2D eigenvalue weighted by molar-refractivity contribution is 1.02. The van der Waals surface area contributed by atoms with Gasteiger partial charge in [-0.05, 0) is 35.7 Å². The molecule has 0 amide bonds. The van der Waals surface area contributed by atoms with Crippen molar-refractivity contribution in [2.75, 3.05) is 0 Å². The predicted molar refractivity (Wildman–Crippen MR) is 170 cm³/mol. The quantitative estimate of drug-likeness (QED) is 0.198. The lowest BCUT2D eigenvalue weighted by atomic mass is 10.0. The van der Waals surface area contributed by atoms with Crippen molar-refractivity contribution in [3.8, 4) is 5.95 Å². The maximum atomic E-state index is 7.94. The van der Waals surface area contributed by atoms with E-state index in [4.69, 9.17) is 16.5 Å². The average molecular weight is 535 g/mol. The van der Waals surface area contributed by atoms with Gasteiger partial charge >= 0.3 is 11.8 Å². The molecule has 0 N–H and O–H groups in total. The van der Waals surface area contributed by atoms with Crippen LogP contribution < -0.4 is 0 Å². The topological polar surface area (TPSA) is 52.4 Å². The van der Waals surface area contributed by atoms with Crippen LogP contribution in [0.4, 0.5) is 5.82 Å². The largest absolute Gasteiger partial charge is 0.359 e. The van der Waals surface area contributed by atoms with E-state index in [1.54, 1.807) is 6.20 Å². The first-order chi connectivity index (χ1) is 20.8. The Labute approximate surface area is 237 Å². The molecule has 0 bridgehead atoms. The number of rotatable bonds is 1. The Morgan fingerprint density at radius 3 is 2.19 bits per heavy atom. The normalized spacial score (nSPS) is 12.3. The minimum atomic E-state index is 0.248. The van der Waals surface area contributed by atoms with Crippen molar-refractivity contribution in [3.05, 3.63) is 121 Å². The van der Waals surface area contributed by atoms with E-state index in [0.29, 0.717) is 17.0 Å². The molecule has 0 unspecified atom stereocenters. The Kier molecular flexibility index (Phi) is 3.91. The lowest BCUT2D eigenvalue weighted by Crippen LogP contribution is -2.02. The molecule has 10 rings (SSSR count). The highest BCUT2D eigenvalue weighted by Gasteiger charge is 2.27. The van der Waals surface area contributed by atoms with E-state index < -0.39 is 0 Å². The van der Waals surface area contributed by atoms with Gasteiger partial charge < -0.3 is 9.25 Å². The summed E-state index contributed by atoms with van der Waals surface area (Å²) in [7, 11) is 0. The second kappa shape index (κ2) is 7.57. The van der Waals surface area contributed by atoms with Gasteiger partial charge in [0.25, 0.3) is 0 Å². The van der Waals surface area contributed by atoms with Crippen LogP contribution in [0.3, 0.4) is 0 Å². The third-order valence-corrected chi connectivity index (χ3v) is 8.71. The van der Waals surface area contributed by atoms with E-state index >= 15 is 0 Å². The van der Waals surface area contributed by atoms with Crippen LogP contribution in [0.25, 0.3) is 92.5 Å². The summed E-state index contributed by atoms with van der Waals surface area (Å²) in [5.41, 5.74) is 6.78. The number of nitrogens with zero attached hydrogens (tertiary/aromatic N) is 6. The number of hydrogen-bond donors (Lipinski definition) is 0. The van der Waals surface area contributed by atoms with Gasteiger partial charge in [0.05, 0.1) is 33.1 Å². The Hall–Kier alpha value is -6.06.